The predicted molar refractivity (Wildman–Crippen MR) is 94.2 cm³/mol. The maximum absolute atomic E-state index is 12.5. The molecule has 0 aliphatic carbocycles. The Balaban J connectivity index is 1.75. The number of hydrogen-bond acceptors (Lipinski definition) is 4. The van der Waals surface area contributed by atoms with Gasteiger partial charge in [-0.2, -0.15) is 0 Å². The molecule has 7 heteroatoms. The summed E-state index contributed by atoms with van der Waals surface area (Å²) in [6.45, 7) is 3.40. The molecule has 0 fully saturated rings. The molecule has 2 aromatic rings. The van der Waals surface area contributed by atoms with Crippen LogP contribution < -0.4 is 20.1 Å². The standard InChI is InChI=1S/C18H17ClN2O4/c1-10(12-4-3-5-14(6-12)21-11(2)22)20-18(23)13-7-15(19)17-16(8-13)24-9-25-17/h3-8,10H,9H2,1-2H3,(H,20,23)(H,21,22). The molecular weight excluding hydrogens is 344 g/mol. The lowest BCUT2D eigenvalue weighted by Crippen LogP contribution is -2.26. The Morgan fingerprint density at radius 3 is 2.76 bits per heavy atom. The van der Waals surface area contributed by atoms with Gasteiger partial charge in [-0.15, -0.1) is 0 Å². The number of carbonyl (C=O) groups is 2. The quantitative estimate of drug-likeness (QED) is 0.874. The summed E-state index contributed by atoms with van der Waals surface area (Å²) in [5.41, 5.74) is 1.93. The maximum Gasteiger partial charge on any atom is 0.251 e. The Kier molecular flexibility index (Phi) is 4.81. The maximum atomic E-state index is 12.5. The van der Waals surface area contributed by atoms with Crippen molar-refractivity contribution < 1.29 is 19.1 Å². The number of amides is 2. The molecule has 1 aliphatic rings. The van der Waals surface area contributed by atoms with Gasteiger partial charge in [0.2, 0.25) is 12.7 Å². The monoisotopic (exact) mass is 360 g/mol. The molecule has 2 aromatic carbocycles. The van der Waals surface area contributed by atoms with E-state index in [0.29, 0.717) is 27.8 Å². The Bertz CT molecular complexity index is 838. The van der Waals surface area contributed by atoms with Crippen LogP contribution in [-0.2, 0) is 4.79 Å². The molecular formula is C18H17ClN2O4. The number of nitrogens with one attached hydrogen (secondary N) is 2. The normalized spacial score (nSPS) is 13.2. The van der Waals surface area contributed by atoms with Crippen molar-refractivity contribution in [3.63, 3.8) is 0 Å². The van der Waals surface area contributed by atoms with E-state index >= 15 is 0 Å². The highest BCUT2D eigenvalue weighted by Gasteiger charge is 2.21. The smallest absolute Gasteiger partial charge is 0.251 e. The van der Waals surface area contributed by atoms with Gasteiger partial charge in [0.1, 0.15) is 0 Å². The van der Waals surface area contributed by atoms with Crippen LogP contribution in [0.4, 0.5) is 5.69 Å². The van der Waals surface area contributed by atoms with E-state index in [4.69, 9.17) is 21.1 Å². The second kappa shape index (κ2) is 7.03. The summed E-state index contributed by atoms with van der Waals surface area (Å²) in [5, 5.41) is 5.96. The van der Waals surface area contributed by atoms with Crippen molar-refractivity contribution in [3.8, 4) is 11.5 Å². The van der Waals surface area contributed by atoms with Crippen LogP contribution in [0.1, 0.15) is 35.8 Å². The molecule has 0 spiro atoms. The van der Waals surface area contributed by atoms with Crippen LogP contribution in [-0.4, -0.2) is 18.6 Å². The molecule has 0 aromatic heterocycles. The Labute approximate surface area is 150 Å². The number of ether oxygens (including phenoxy) is 2. The largest absolute Gasteiger partial charge is 0.454 e. The summed E-state index contributed by atoms with van der Waals surface area (Å²) < 4.78 is 10.5. The molecule has 25 heavy (non-hydrogen) atoms. The minimum absolute atomic E-state index is 0.0898. The second-order valence-electron chi connectivity index (χ2n) is 5.69. The fourth-order valence-electron chi connectivity index (χ4n) is 2.55. The van der Waals surface area contributed by atoms with E-state index in [-0.39, 0.29) is 24.6 Å². The number of benzene rings is 2. The highest BCUT2D eigenvalue weighted by atomic mass is 35.5. The van der Waals surface area contributed by atoms with Crippen molar-refractivity contribution >= 4 is 29.1 Å². The van der Waals surface area contributed by atoms with Gasteiger partial charge in [0.05, 0.1) is 11.1 Å². The molecule has 1 atom stereocenters. The lowest BCUT2D eigenvalue weighted by molar-refractivity contribution is -0.114. The fraction of sp³-hybridized carbons (Fsp3) is 0.222. The van der Waals surface area contributed by atoms with Crippen molar-refractivity contribution in [2.75, 3.05) is 12.1 Å². The van der Waals surface area contributed by atoms with E-state index < -0.39 is 0 Å². The zero-order valence-corrected chi connectivity index (χ0v) is 14.5. The summed E-state index contributed by atoms with van der Waals surface area (Å²) in [6.07, 6.45) is 0. The first-order valence-corrected chi connectivity index (χ1v) is 8.09. The highest BCUT2D eigenvalue weighted by molar-refractivity contribution is 6.32. The first kappa shape index (κ1) is 17.1. The van der Waals surface area contributed by atoms with Crippen LogP contribution in [0, 0.1) is 0 Å². The third kappa shape index (κ3) is 3.85. The first-order valence-electron chi connectivity index (χ1n) is 7.71. The Morgan fingerprint density at radius 1 is 1.20 bits per heavy atom. The van der Waals surface area contributed by atoms with Gasteiger partial charge in [0, 0.05) is 18.2 Å². The third-order valence-corrected chi connectivity index (χ3v) is 4.02. The topological polar surface area (TPSA) is 76.7 Å². The van der Waals surface area contributed by atoms with Crippen molar-refractivity contribution in [1.82, 2.24) is 5.32 Å². The molecule has 0 radical (unpaired) electrons. The molecule has 1 aliphatic heterocycles. The van der Waals surface area contributed by atoms with Gasteiger partial charge in [-0.1, -0.05) is 23.7 Å². The van der Waals surface area contributed by atoms with Gasteiger partial charge in [0.25, 0.3) is 5.91 Å². The van der Waals surface area contributed by atoms with Gasteiger partial charge in [-0.25, -0.2) is 0 Å². The number of fused-ring (bicyclic) bond motifs is 1. The van der Waals surface area contributed by atoms with E-state index in [9.17, 15) is 9.59 Å². The molecule has 1 unspecified atom stereocenters. The summed E-state index contributed by atoms with van der Waals surface area (Å²) in [4.78, 5) is 23.7. The van der Waals surface area contributed by atoms with Crippen LogP contribution in [0.5, 0.6) is 11.5 Å². The number of anilines is 1. The van der Waals surface area contributed by atoms with Crippen molar-refractivity contribution in [1.29, 1.82) is 0 Å². The van der Waals surface area contributed by atoms with Crippen molar-refractivity contribution in [2.45, 2.75) is 19.9 Å². The lowest BCUT2D eigenvalue weighted by Gasteiger charge is -2.16. The van der Waals surface area contributed by atoms with Crippen LogP contribution in [0.3, 0.4) is 0 Å². The van der Waals surface area contributed by atoms with Gasteiger partial charge in [-0.05, 0) is 36.8 Å². The minimum atomic E-state index is -0.280. The third-order valence-electron chi connectivity index (χ3n) is 3.74. The van der Waals surface area contributed by atoms with Gasteiger partial charge >= 0.3 is 0 Å². The van der Waals surface area contributed by atoms with E-state index in [2.05, 4.69) is 10.6 Å². The number of hydrogen-bond donors (Lipinski definition) is 2. The van der Waals surface area contributed by atoms with Crippen molar-refractivity contribution in [3.05, 3.63) is 52.5 Å². The number of halogens is 1. The second-order valence-corrected chi connectivity index (χ2v) is 6.10. The van der Waals surface area contributed by atoms with E-state index in [0.717, 1.165) is 5.56 Å². The summed E-state index contributed by atoms with van der Waals surface area (Å²) in [7, 11) is 0. The van der Waals surface area contributed by atoms with Crippen molar-refractivity contribution in [2.24, 2.45) is 0 Å². The van der Waals surface area contributed by atoms with E-state index in [1.807, 2.05) is 25.1 Å². The molecule has 3 rings (SSSR count). The molecule has 2 N–H and O–H groups in total. The Morgan fingerprint density at radius 2 is 2.00 bits per heavy atom. The molecule has 0 saturated carbocycles. The van der Waals surface area contributed by atoms with Crippen LogP contribution in [0.15, 0.2) is 36.4 Å². The number of rotatable bonds is 4. The van der Waals surface area contributed by atoms with Crippen LogP contribution in [0.25, 0.3) is 0 Å². The Hall–Kier alpha value is -2.73. The average molecular weight is 361 g/mol. The highest BCUT2D eigenvalue weighted by Crippen LogP contribution is 2.39. The average Bonchev–Trinajstić information content (AvgIpc) is 3.03. The van der Waals surface area contributed by atoms with E-state index in [1.165, 1.54) is 6.92 Å². The van der Waals surface area contributed by atoms with Crippen LogP contribution in [0.2, 0.25) is 5.02 Å². The zero-order valence-electron chi connectivity index (χ0n) is 13.8. The van der Waals surface area contributed by atoms with E-state index in [1.54, 1.807) is 18.2 Å². The summed E-state index contributed by atoms with van der Waals surface area (Å²) in [6, 6.07) is 10.2. The molecule has 0 saturated heterocycles. The van der Waals surface area contributed by atoms with Gasteiger partial charge in [-0.3, -0.25) is 9.59 Å². The van der Waals surface area contributed by atoms with Gasteiger partial charge < -0.3 is 20.1 Å². The SMILES string of the molecule is CC(=O)Nc1cccc(C(C)NC(=O)c2cc(Cl)c3c(c2)OCO3)c1. The summed E-state index contributed by atoms with van der Waals surface area (Å²) in [5.74, 6) is 0.480. The predicted octanol–water partition coefficient (Wildman–Crippen LogP) is 3.52. The molecule has 1 heterocycles. The zero-order chi connectivity index (χ0) is 18.0. The molecule has 0 bridgehead atoms. The minimum Gasteiger partial charge on any atom is -0.454 e. The first-order chi connectivity index (χ1) is 11.9. The molecule has 2 amide bonds. The summed E-state index contributed by atoms with van der Waals surface area (Å²) >= 11 is 6.12. The van der Waals surface area contributed by atoms with Crippen LogP contribution >= 0.6 is 11.6 Å². The lowest BCUT2D eigenvalue weighted by atomic mass is 10.1. The molecule has 6 nitrogen and oxygen atoms in total. The van der Waals surface area contributed by atoms with Gasteiger partial charge in [0.15, 0.2) is 11.5 Å². The number of carbonyl (C=O) groups excluding carboxylic acids is 2. The molecule has 130 valence electrons. The fourth-order valence-corrected chi connectivity index (χ4v) is 2.82.